The molecule has 0 saturated heterocycles. The third-order valence-corrected chi connectivity index (χ3v) is 4.25. The molecule has 3 rings (SSSR count). The summed E-state index contributed by atoms with van der Waals surface area (Å²) < 4.78 is 11.0. The van der Waals surface area contributed by atoms with Crippen LogP contribution in [0.5, 0.6) is 11.5 Å². The average molecular weight is 308 g/mol. The second-order valence-corrected chi connectivity index (χ2v) is 5.76. The monoisotopic (exact) mass is 308 g/mol. The van der Waals surface area contributed by atoms with Crippen LogP contribution < -0.4 is 9.47 Å². The zero-order valence-electron chi connectivity index (χ0n) is 13.4. The lowest BCUT2D eigenvalue weighted by Gasteiger charge is -2.19. The highest BCUT2D eigenvalue weighted by atomic mass is 16.5. The maximum atomic E-state index is 12.5. The smallest absolute Gasteiger partial charge is 0.322 e. The van der Waals surface area contributed by atoms with Gasteiger partial charge in [-0.05, 0) is 42.2 Å². The van der Waals surface area contributed by atoms with Gasteiger partial charge in [0.15, 0.2) is 0 Å². The molecule has 1 aliphatic rings. The first kappa shape index (κ1) is 15.3. The Labute approximate surface area is 136 Å². The van der Waals surface area contributed by atoms with Gasteiger partial charge in [0.25, 0.3) is 0 Å². The van der Waals surface area contributed by atoms with Crippen molar-refractivity contribution in [3.63, 3.8) is 0 Å². The summed E-state index contributed by atoms with van der Waals surface area (Å²) in [6, 6.07) is 15.3. The highest BCUT2D eigenvalue weighted by Gasteiger charge is 2.26. The molecular weight excluding hydrogens is 288 g/mol. The molecule has 0 fully saturated rings. The summed E-state index contributed by atoms with van der Waals surface area (Å²) in [6.07, 6.45) is 4.35. The second-order valence-electron chi connectivity index (χ2n) is 5.76. The molecule has 23 heavy (non-hydrogen) atoms. The standard InChI is InChI=1S/C20H20O3/c1-3-14(2)15-8-10-16(11-9-15)23-20(21)18-12-13-22-19-7-5-4-6-17(18)19/h4-14,18H,3H2,1-2H3. The minimum atomic E-state index is -0.436. The van der Waals surface area contributed by atoms with Crippen molar-refractivity contribution in [2.24, 2.45) is 0 Å². The summed E-state index contributed by atoms with van der Waals surface area (Å²) in [4.78, 5) is 12.5. The molecule has 2 aromatic rings. The van der Waals surface area contributed by atoms with Crippen LogP contribution in [-0.4, -0.2) is 5.97 Å². The number of hydrogen-bond acceptors (Lipinski definition) is 3. The Kier molecular flexibility index (Phi) is 4.47. The minimum Gasteiger partial charge on any atom is -0.465 e. The van der Waals surface area contributed by atoms with Gasteiger partial charge >= 0.3 is 5.97 Å². The second kappa shape index (κ2) is 6.69. The molecular formula is C20H20O3. The van der Waals surface area contributed by atoms with Crippen molar-refractivity contribution in [2.45, 2.75) is 32.1 Å². The Morgan fingerprint density at radius 2 is 1.91 bits per heavy atom. The molecule has 2 atom stereocenters. The Hall–Kier alpha value is -2.55. The van der Waals surface area contributed by atoms with Crippen molar-refractivity contribution in [1.29, 1.82) is 0 Å². The van der Waals surface area contributed by atoms with Crippen molar-refractivity contribution < 1.29 is 14.3 Å². The van der Waals surface area contributed by atoms with Crippen LogP contribution >= 0.6 is 0 Å². The van der Waals surface area contributed by atoms with Crippen LogP contribution in [0.2, 0.25) is 0 Å². The van der Waals surface area contributed by atoms with E-state index in [4.69, 9.17) is 9.47 Å². The Morgan fingerprint density at radius 1 is 1.17 bits per heavy atom. The quantitative estimate of drug-likeness (QED) is 0.601. The number of fused-ring (bicyclic) bond motifs is 1. The fourth-order valence-corrected chi connectivity index (χ4v) is 2.62. The lowest BCUT2D eigenvalue weighted by Crippen LogP contribution is -2.19. The fraction of sp³-hybridized carbons (Fsp3) is 0.250. The third-order valence-electron chi connectivity index (χ3n) is 4.25. The topological polar surface area (TPSA) is 35.5 Å². The normalized spacial score (nSPS) is 17.0. The van der Waals surface area contributed by atoms with E-state index in [1.165, 1.54) is 5.56 Å². The number of benzene rings is 2. The number of para-hydroxylation sites is 1. The van der Waals surface area contributed by atoms with Gasteiger partial charge in [-0.15, -0.1) is 0 Å². The van der Waals surface area contributed by atoms with Crippen molar-refractivity contribution in [1.82, 2.24) is 0 Å². The number of rotatable bonds is 4. The summed E-state index contributed by atoms with van der Waals surface area (Å²) in [5, 5.41) is 0. The van der Waals surface area contributed by atoms with Gasteiger partial charge in [-0.1, -0.05) is 44.2 Å². The van der Waals surface area contributed by atoms with E-state index in [1.54, 1.807) is 12.3 Å². The average Bonchev–Trinajstić information content (AvgIpc) is 2.61. The van der Waals surface area contributed by atoms with Gasteiger partial charge in [0.05, 0.1) is 6.26 Å². The Morgan fingerprint density at radius 3 is 2.65 bits per heavy atom. The van der Waals surface area contributed by atoms with E-state index in [2.05, 4.69) is 13.8 Å². The molecule has 0 aromatic heterocycles. The first-order valence-corrected chi connectivity index (χ1v) is 7.93. The van der Waals surface area contributed by atoms with Crippen LogP contribution in [0, 0.1) is 0 Å². The molecule has 0 saturated carbocycles. The maximum Gasteiger partial charge on any atom is 0.322 e. The van der Waals surface area contributed by atoms with Gasteiger partial charge in [0.2, 0.25) is 0 Å². The Bertz CT molecular complexity index is 716. The van der Waals surface area contributed by atoms with Crippen LogP contribution in [0.4, 0.5) is 0 Å². The van der Waals surface area contributed by atoms with E-state index < -0.39 is 5.92 Å². The molecule has 118 valence electrons. The van der Waals surface area contributed by atoms with E-state index >= 15 is 0 Å². The first-order chi connectivity index (χ1) is 11.2. The van der Waals surface area contributed by atoms with E-state index in [9.17, 15) is 4.79 Å². The zero-order chi connectivity index (χ0) is 16.2. The van der Waals surface area contributed by atoms with Gasteiger partial charge in [0.1, 0.15) is 17.4 Å². The molecule has 0 bridgehead atoms. The third kappa shape index (κ3) is 3.29. The summed E-state index contributed by atoms with van der Waals surface area (Å²) in [5.74, 6) is 1.04. The molecule has 2 aromatic carbocycles. The summed E-state index contributed by atoms with van der Waals surface area (Å²) in [6.45, 7) is 4.35. The van der Waals surface area contributed by atoms with Gasteiger partial charge in [-0.3, -0.25) is 4.79 Å². The zero-order valence-corrected chi connectivity index (χ0v) is 13.4. The molecule has 0 N–H and O–H groups in total. The molecule has 2 unspecified atom stereocenters. The van der Waals surface area contributed by atoms with Gasteiger partial charge < -0.3 is 9.47 Å². The number of carbonyl (C=O) groups is 1. The van der Waals surface area contributed by atoms with E-state index in [0.29, 0.717) is 17.4 Å². The molecule has 1 aliphatic heterocycles. The maximum absolute atomic E-state index is 12.5. The van der Waals surface area contributed by atoms with Crippen molar-refractivity contribution in [2.75, 3.05) is 0 Å². The number of esters is 1. The summed E-state index contributed by atoms with van der Waals surface area (Å²) >= 11 is 0. The van der Waals surface area contributed by atoms with Crippen molar-refractivity contribution >= 4 is 5.97 Å². The highest BCUT2D eigenvalue weighted by molar-refractivity contribution is 5.83. The molecule has 0 aliphatic carbocycles. The van der Waals surface area contributed by atoms with Crippen LogP contribution in [0.1, 0.15) is 43.2 Å². The highest BCUT2D eigenvalue weighted by Crippen LogP contribution is 2.32. The van der Waals surface area contributed by atoms with Gasteiger partial charge in [0, 0.05) is 5.56 Å². The van der Waals surface area contributed by atoms with Crippen LogP contribution in [0.15, 0.2) is 60.9 Å². The molecule has 0 spiro atoms. The van der Waals surface area contributed by atoms with E-state index in [0.717, 1.165) is 12.0 Å². The minimum absolute atomic E-state index is 0.298. The number of hydrogen-bond donors (Lipinski definition) is 0. The molecule has 3 heteroatoms. The van der Waals surface area contributed by atoms with Crippen LogP contribution in [0.25, 0.3) is 0 Å². The van der Waals surface area contributed by atoms with Gasteiger partial charge in [-0.2, -0.15) is 0 Å². The summed E-state index contributed by atoms with van der Waals surface area (Å²) in [7, 11) is 0. The lowest BCUT2D eigenvalue weighted by atomic mass is 9.97. The number of ether oxygens (including phenoxy) is 2. The molecule has 0 amide bonds. The first-order valence-electron chi connectivity index (χ1n) is 7.93. The Balaban J connectivity index is 1.74. The molecule has 0 radical (unpaired) electrons. The number of carbonyl (C=O) groups excluding carboxylic acids is 1. The largest absolute Gasteiger partial charge is 0.465 e. The van der Waals surface area contributed by atoms with Gasteiger partial charge in [-0.25, -0.2) is 0 Å². The van der Waals surface area contributed by atoms with Crippen LogP contribution in [0.3, 0.4) is 0 Å². The fourth-order valence-electron chi connectivity index (χ4n) is 2.62. The summed E-state index contributed by atoms with van der Waals surface area (Å²) in [5.41, 5.74) is 2.08. The van der Waals surface area contributed by atoms with E-state index in [-0.39, 0.29) is 5.97 Å². The molecule has 1 heterocycles. The SMILES string of the molecule is CCC(C)c1ccc(OC(=O)C2C=COc3ccccc32)cc1. The lowest BCUT2D eigenvalue weighted by molar-refractivity contribution is -0.135. The molecule has 3 nitrogen and oxygen atoms in total. The predicted molar refractivity (Wildman–Crippen MR) is 89.7 cm³/mol. The predicted octanol–water partition coefficient (Wildman–Crippen LogP) is 4.80. The van der Waals surface area contributed by atoms with Crippen molar-refractivity contribution in [3.8, 4) is 11.5 Å². The van der Waals surface area contributed by atoms with Crippen LogP contribution in [-0.2, 0) is 4.79 Å². The van der Waals surface area contributed by atoms with Crippen molar-refractivity contribution in [3.05, 3.63) is 72.0 Å². The van der Waals surface area contributed by atoms with E-state index in [1.807, 2.05) is 48.5 Å².